The molecular formula is C10H13NOS. The first-order valence-electron chi connectivity index (χ1n) is 4.55. The maximum atomic E-state index is 9.82. The highest BCUT2D eigenvalue weighted by Crippen LogP contribution is 2.35. The van der Waals surface area contributed by atoms with Gasteiger partial charge in [-0.05, 0) is 31.4 Å². The van der Waals surface area contributed by atoms with Crippen molar-refractivity contribution in [1.82, 2.24) is 4.98 Å². The number of rotatable bonds is 3. The van der Waals surface area contributed by atoms with Crippen molar-refractivity contribution in [3.63, 3.8) is 0 Å². The lowest BCUT2D eigenvalue weighted by molar-refractivity contribution is -0.00990. The fourth-order valence-electron chi connectivity index (χ4n) is 1.37. The second-order valence-electron chi connectivity index (χ2n) is 3.53. The van der Waals surface area contributed by atoms with Gasteiger partial charge in [0.25, 0.3) is 0 Å². The molecule has 1 heterocycles. The number of thioether (sulfide) groups is 1. The van der Waals surface area contributed by atoms with E-state index in [1.54, 1.807) is 18.0 Å². The monoisotopic (exact) mass is 195 g/mol. The first-order valence-corrected chi connectivity index (χ1v) is 5.53. The normalized spacial score (nSPS) is 19.5. The second kappa shape index (κ2) is 3.68. The highest BCUT2D eigenvalue weighted by Gasteiger charge is 2.34. The largest absolute Gasteiger partial charge is 0.389 e. The van der Waals surface area contributed by atoms with E-state index in [1.807, 2.05) is 18.2 Å². The summed E-state index contributed by atoms with van der Waals surface area (Å²) < 4.78 is 0. The van der Waals surface area contributed by atoms with Gasteiger partial charge in [-0.2, -0.15) is 0 Å². The summed E-state index contributed by atoms with van der Waals surface area (Å²) in [5, 5.41) is 10.8. The summed E-state index contributed by atoms with van der Waals surface area (Å²) >= 11 is 1.64. The van der Waals surface area contributed by atoms with Crippen molar-refractivity contribution < 1.29 is 5.11 Å². The zero-order valence-corrected chi connectivity index (χ0v) is 8.26. The van der Waals surface area contributed by atoms with Crippen LogP contribution in [0.25, 0.3) is 0 Å². The van der Waals surface area contributed by atoms with E-state index in [4.69, 9.17) is 0 Å². The highest BCUT2D eigenvalue weighted by molar-refractivity contribution is 7.99. The average Bonchev–Trinajstić information content (AvgIpc) is 2.13. The summed E-state index contributed by atoms with van der Waals surface area (Å²) in [6, 6.07) is 5.86. The number of aromatic nitrogens is 1. The Labute approximate surface area is 82.4 Å². The van der Waals surface area contributed by atoms with Crippen LogP contribution in [0.3, 0.4) is 0 Å². The lowest BCUT2D eigenvalue weighted by Gasteiger charge is -2.36. The van der Waals surface area contributed by atoms with E-state index in [9.17, 15) is 5.11 Å². The first-order chi connectivity index (χ1) is 6.29. The van der Waals surface area contributed by atoms with Gasteiger partial charge >= 0.3 is 0 Å². The van der Waals surface area contributed by atoms with Crippen LogP contribution in [0.1, 0.15) is 19.3 Å². The maximum Gasteiger partial charge on any atom is 0.0960 e. The molecule has 1 aromatic heterocycles. The molecule has 1 N–H and O–H groups in total. The summed E-state index contributed by atoms with van der Waals surface area (Å²) in [5.74, 6) is 0.782. The molecule has 1 aromatic rings. The van der Waals surface area contributed by atoms with Gasteiger partial charge in [0.05, 0.1) is 10.6 Å². The standard InChI is InChI=1S/C10H13NOS/c12-10(5-3-6-10)8-13-9-4-1-2-7-11-9/h1-2,4,7,12H,3,5-6,8H2. The molecule has 0 aromatic carbocycles. The molecule has 0 bridgehead atoms. The Bertz CT molecular complexity index is 272. The SMILES string of the molecule is OC1(CSc2ccccn2)CCC1. The van der Waals surface area contributed by atoms with Crippen LogP contribution >= 0.6 is 11.8 Å². The van der Waals surface area contributed by atoms with Crippen LogP contribution in [-0.4, -0.2) is 21.4 Å². The summed E-state index contributed by atoms with van der Waals surface area (Å²) in [6.07, 6.45) is 4.85. The predicted molar refractivity (Wildman–Crippen MR) is 53.8 cm³/mol. The Balaban J connectivity index is 1.86. The van der Waals surface area contributed by atoms with Gasteiger partial charge in [-0.3, -0.25) is 0 Å². The molecule has 0 unspecified atom stereocenters. The fraction of sp³-hybridized carbons (Fsp3) is 0.500. The van der Waals surface area contributed by atoms with Gasteiger partial charge in [0, 0.05) is 11.9 Å². The summed E-state index contributed by atoms with van der Waals surface area (Å²) in [6.45, 7) is 0. The minimum absolute atomic E-state index is 0.401. The van der Waals surface area contributed by atoms with E-state index in [0.717, 1.165) is 23.6 Å². The molecule has 0 saturated heterocycles. The number of nitrogens with zero attached hydrogens (tertiary/aromatic N) is 1. The molecule has 1 aliphatic rings. The quantitative estimate of drug-likeness (QED) is 0.750. The minimum atomic E-state index is -0.401. The van der Waals surface area contributed by atoms with Gasteiger partial charge in [-0.15, -0.1) is 11.8 Å². The van der Waals surface area contributed by atoms with Crippen molar-refractivity contribution in [2.45, 2.75) is 29.9 Å². The van der Waals surface area contributed by atoms with Crippen LogP contribution < -0.4 is 0 Å². The molecule has 0 spiro atoms. The van der Waals surface area contributed by atoms with Crippen LogP contribution in [0.2, 0.25) is 0 Å². The third-order valence-corrected chi connectivity index (χ3v) is 3.63. The molecule has 1 saturated carbocycles. The third-order valence-electron chi connectivity index (χ3n) is 2.41. The molecule has 2 rings (SSSR count). The molecule has 0 amide bonds. The van der Waals surface area contributed by atoms with Crippen LogP contribution in [0.15, 0.2) is 29.4 Å². The van der Waals surface area contributed by atoms with Crippen LogP contribution in [-0.2, 0) is 0 Å². The Morgan fingerprint density at radius 3 is 2.85 bits per heavy atom. The van der Waals surface area contributed by atoms with E-state index in [1.165, 1.54) is 6.42 Å². The van der Waals surface area contributed by atoms with Crippen molar-refractivity contribution >= 4 is 11.8 Å². The molecule has 1 fully saturated rings. The summed E-state index contributed by atoms with van der Waals surface area (Å²) in [5.41, 5.74) is -0.401. The Morgan fingerprint density at radius 1 is 1.46 bits per heavy atom. The Hall–Kier alpha value is -0.540. The fourth-order valence-corrected chi connectivity index (χ4v) is 2.39. The van der Waals surface area contributed by atoms with E-state index >= 15 is 0 Å². The van der Waals surface area contributed by atoms with Crippen molar-refractivity contribution in [2.75, 3.05) is 5.75 Å². The number of pyridine rings is 1. The number of hydrogen-bond donors (Lipinski definition) is 1. The van der Waals surface area contributed by atoms with Gasteiger partial charge in [0.15, 0.2) is 0 Å². The molecular weight excluding hydrogens is 182 g/mol. The Morgan fingerprint density at radius 2 is 2.31 bits per heavy atom. The smallest absolute Gasteiger partial charge is 0.0960 e. The van der Waals surface area contributed by atoms with E-state index in [0.29, 0.717) is 0 Å². The third kappa shape index (κ3) is 2.23. The Kier molecular flexibility index (Phi) is 2.56. The van der Waals surface area contributed by atoms with E-state index in [-0.39, 0.29) is 0 Å². The van der Waals surface area contributed by atoms with Gasteiger partial charge in [0.2, 0.25) is 0 Å². The molecule has 0 atom stereocenters. The topological polar surface area (TPSA) is 33.1 Å². The zero-order chi connectivity index (χ0) is 9.15. The molecule has 3 heteroatoms. The molecule has 0 aliphatic heterocycles. The van der Waals surface area contributed by atoms with Crippen molar-refractivity contribution in [2.24, 2.45) is 0 Å². The van der Waals surface area contributed by atoms with E-state index < -0.39 is 5.60 Å². The second-order valence-corrected chi connectivity index (χ2v) is 4.53. The average molecular weight is 195 g/mol. The molecule has 13 heavy (non-hydrogen) atoms. The summed E-state index contributed by atoms with van der Waals surface area (Å²) in [4.78, 5) is 4.19. The lowest BCUT2D eigenvalue weighted by atomic mass is 9.82. The van der Waals surface area contributed by atoms with Crippen LogP contribution in [0.5, 0.6) is 0 Å². The first kappa shape index (κ1) is 9.03. The van der Waals surface area contributed by atoms with Gasteiger partial charge in [-0.25, -0.2) is 4.98 Å². The van der Waals surface area contributed by atoms with E-state index in [2.05, 4.69) is 4.98 Å². The van der Waals surface area contributed by atoms with Crippen LogP contribution in [0.4, 0.5) is 0 Å². The minimum Gasteiger partial charge on any atom is -0.389 e. The lowest BCUT2D eigenvalue weighted by Crippen LogP contribution is -2.39. The number of aliphatic hydroxyl groups is 1. The van der Waals surface area contributed by atoms with Gasteiger partial charge in [-0.1, -0.05) is 6.07 Å². The predicted octanol–water partition coefficient (Wildman–Crippen LogP) is 2.09. The van der Waals surface area contributed by atoms with Gasteiger partial charge < -0.3 is 5.11 Å². The zero-order valence-electron chi connectivity index (χ0n) is 7.44. The molecule has 70 valence electrons. The summed E-state index contributed by atoms with van der Waals surface area (Å²) in [7, 11) is 0. The van der Waals surface area contributed by atoms with Crippen molar-refractivity contribution in [1.29, 1.82) is 0 Å². The molecule has 0 radical (unpaired) electrons. The van der Waals surface area contributed by atoms with Crippen molar-refractivity contribution in [3.8, 4) is 0 Å². The molecule has 1 aliphatic carbocycles. The van der Waals surface area contributed by atoms with Gasteiger partial charge in [0.1, 0.15) is 0 Å². The van der Waals surface area contributed by atoms with Crippen LogP contribution in [0, 0.1) is 0 Å². The molecule has 2 nitrogen and oxygen atoms in total. The highest BCUT2D eigenvalue weighted by atomic mass is 32.2. The number of hydrogen-bond acceptors (Lipinski definition) is 3. The van der Waals surface area contributed by atoms with Crippen molar-refractivity contribution in [3.05, 3.63) is 24.4 Å². The maximum absolute atomic E-state index is 9.82.